The SMILES string of the molecule is C=CC(=O)OCCOC(=O)NCCCCCCn1c(=O)n(CCCCCCCC(C)=O)c(=O)n(CCCCCCCC(C)=O)c1=O. The van der Waals surface area contributed by atoms with Crippen molar-refractivity contribution in [1.82, 2.24) is 19.0 Å². The Morgan fingerprint density at radius 3 is 1.37 bits per heavy atom. The number of Topliss-reactive ketones (excluding diaryl/α,β-unsaturated/α-hetero) is 2. The molecule has 0 unspecified atom stereocenters. The van der Waals surface area contributed by atoms with Crippen molar-refractivity contribution in [3.63, 3.8) is 0 Å². The summed E-state index contributed by atoms with van der Waals surface area (Å²) in [5.41, 5.74) is -1.75. The number of alkyl carbamates (subject to hydrolysis) is 1. The van der Waals surface area contributed by atoms with Gasteiger partial charge in [0, 0.05) is 45.1 Å². The molecule has 46 heavy (non-hydrogen) atoms. The van der Waals surface area contributed by atoms with Crippen LogP contribution in [0.1, 0.15) is 117 Å². The number of carbonyl (C=O) groups is 4. The molecule has 0 saturated heterocycles. The highest BCUT2D eigenvalue weighted by Gasteiger charge is 2.15. The summed E-state index contributed by atoms with van der Waals surface area (Å²) in [6, 6.07) is 0. The largest absolute Gasteiger partial charge is 0.459 e. The number of unbranched alkanes of at least 4 members (excludes halogenated alkanes) is 11. The Bertz CT molecular complexity index is 1210. The lowest BCUT2D eigenvalue weighted by molar-refractivity contribution is -0.138. The number of esters is 1. The molecule has 1 amide bonds. The second-order valence-electron chi connectivity index (χ2n) is 11.6. The fourth-order valence-electron chi connectivity index (χ4n) is 4.93. The van der Waals surface area contributed by atoms with Crippen molar-refractivity contribution in [2.45, 2.75) is 136 Å². The van der Waals surface area contributed by atoms with Gasteiger partial charge < -0.3 is 24.4 Å². The molecular formula is C33H54N4O9. The van der Waals surface area contributed by atoms with Gasteiger partial charge in [0.15, 0.2) is 0 Å². The smallest absolute Gasteiger partial charge is 0.407 e. The van der Waals surface area contributed by atoms with E-state index in [1.165, 1.54) is 9.13 Å². The lowest BCUT2D eigenvalue weighted by Crippen LogP contribution is -2.54. The highest BCUT2D eigenvalue weighted by molar-refractivity contribution is 5.81. The summed E-state index contributed by atoms with van der Waals surface area (Å²) in [5, 5.41) is 2.62. The van der Waals surface area contributed by atoms with E-state index in [9.17, 15) is 33.6 Å². The third-order valence-corrected chi connectivity index (χ3v) is 7.51. The van der Waals surface area contributed by atoms with Crippen LogP contribution in [0.3, 0.4) is 0 Å². The summed E-state index contributed by atoms with van der Waals surface area (Å²) < 4.78 is 13.2. The predicted octanol–water partition coefficient (Wildman–Crippen LogP) is 4.05. The molecule has 0 aliphatic carbocycles. The minimum absolute atomic E-state index is 0.0584. The number of ether oxygens (including phenoxy) is 2. The first kappa shape index (κ1) is 40.3. The zero-order chi connectivity index (χ0) is 34.2. The number of hydrogen-bond donors (Lipinski definition) is 1. The van der Waals surface area contributed by atoms with Gasteiger partial charge in [0.25, 0.3) is 0 Å². The minimum Gasteiger partial charge on any atom is -0.459 e. The van der Waals surface area contributed by atoms with Crippen LogP contribution in [0.5, 0.6) is 0 Å². The number of amides is 1. The minimum atomic E-state index is -0.615. The maximum Gasteiger partial charge on any atom is 0.407 e. The zero-order valence-electron chi connectivity index (χ0n) is 27.9. The first-order valence-corrected chi connectivity index (χ1v) is 16.7. The molecule has 1 heterocycles. The number of hydrogen-bond acceptors (Lipinski definition) is 9. The second-order valence-corrected chi connectivity index (χ2v) is 11.6. The molecule has 13 heteroatoms. The van der Waals surface area contributed by atoms with Gasteiger partial charge >= 0.3 is 29.1 Å². The molecular weight excluding hydrogens is 596 g/mol. The fraction of sp³-hybridized carbons (Fsp3) is 0.727. The van der Waals surface area contributed by atoms with Crippen molar-refractivity contribution in [2.75, 3.05) is 19.8 Å². The van der Waals surface area contributed by atoms with Gasteiger partial charge in [-0.05, 0) is 52.4 Å². The number of nitrogens with zero attached hydrogens (tertiary/aromatic N) is 3. The summed E-state index contributed by atoms with van der Waals surface area (Å²) in [5.74, 6) is -0.250. The Kier molecular flexibility index (Phi) is 21.4. The molecule has 0 radical (unpaired) electrons. The zero-order valence-corrected chi connectivity index (χ0v) is 27.9. The normalized spacial score (nSPS) is 10.8. The van der Waals surface area contributed by atoms with E-state index in [-0.39, 0.29) is 44.4 Å². The molecule has 0 aliphatic heterocycles. The molecule has 0 saturated carbocycles. The number of ketones is 2. The highest BCUT2D eigenvalue weighted by Crippen LogP contribution is 2.08. The summed E-state index contributed by atoms with van der Waals surface area (Å²) >= 11 is 0. The average molecular weight is 651 g/mol. The molecule has 0 atom stereocenters. The average Bonchev–Trinajstić information content (AvgIpc) is 3.01. The lowest BCUT2D eigenvalue weighted by Gasteiger charge is -2.14. The van der Waals surface area contributed by atoms with Crippen LogP contribution in [0.25, 0.3) is 0 Å². The molecule has 1 aromatic heterocycles. The topological polar surface area (TPSA) is 165 Å². The van der Waals surface area contributed by atoms with Gasteiger partial charge in [0.05, 0.1) is 0 Å². The van der Waals surface area contributed by atoms with E-state index >= 15 is 0 Å². The quantitative estimate of drug-likeness (QED) is 0.0840. The molecule has 0 fully saturated rings. The first-order valence-electron chi connectivity index (χ1n) is 16.7. The maximum absolute atomic E-state index is 13.3. The van der Waals surface area contributed by atoms with Crippen LogP contribution < -0.4 is 22.4 Å². The van der Waals surface area contributed by atoms with Gasteiger partial charge in [-0.25, -0.2) is 37.7 Å². The lowest BCUT2D eigenvalue weighted by atomic mass is 10.1. The van der Waals surface area contributed by atoms with Gasteiger partial charge in [-0.2, -0.15) is 0 Å². The van der Waals surface area contributed by atoms with Gasteiger partial charge in [-0.1, -0.05) is 57.9 Å². The van der Waals surface area contributed by atoms with Crippen molar-refractivity contribution in [2.24, 2.45) is 0 Å². The van der Waals surface area contributed by atoms with Crippen LogP contribution in [0.15, 0.2) is 27.0 Å². The van der Waals surface area contributed by atoms with Gasteiger partial charge in [0.1, 0.15) is 24.8 Å². The highest BCUT2D eigenvalue weighted by atomic mass is 16.6. The van der Waals surface area contributed by atoms with Crippen LogP contribution in [0.2, 0.25) is 0 Å². The summed E-state index contributed by atoms with van der Waals surface area (Å²) in [4.78, 5) is 84.7. The van der Waals surface area contributed by atoms with Crippen LogP contribution in [0, 0.1) is 0 Å². The van der Waals surface area contributed by atoms with Crippen molar-refractivity contribution >= 4 is 23.6 Å². The third-order valence-electron chi connectivity index (χ3n) is 7.51. The van der Waals surface area contributed by atoms with Crippen molar-refractivity contribution < 1.29 is 28.7 Å². The van der Waals surface area contributed by atoms with Gasteiger partial charge in [-0.15, -0.1) is 0 Å². The molecule has 0 bridgehead atoms. The van der Waals surface area contributed by atoms with Crippen molar-refractivity contribution in [1.29, 1.82) is 0 Å². The van der Waals surface area contributed by atoms with Crippen LogP contribution >= 0.6 is 0 Å². The van der Waals surface area contributed by atoms with Gasteiger partial charge in [-0.3, -0.25) is 0 Å². The van der Waals surface area contributed by atoms with E-state index in [0.717, 1.165) is 68.4 Å². The Balaban J connectivity index is 2.68. The predicted molar refractivity (Wildman–Crippen MR) is 175 cm³/mol. The van der Waals surface area contributed by atoms with E-state index in [2.05, 4.69) is 11.9 Å². The molecule has 0 aromatic carbocycles. The van der Waals surface area contributed by atoms with Crippen LogP contribution in [0.4, 0.5) is 4.79 Å². The number of rotatable bonds is 27. The van der Waals surface area contributed by atoms with Crippen molar-refractivity contribution in [3.05, 3.63) is 44.1 Å². The van der Waals surface area contributed by atoms with Crippen LogP contribution in [-0.2, 0) is 43.5 Å². The number of nitrogens with one attached hydrogen (secondary N) is 1. The third kappa shape index (κ3) is 17.6. The summed E-state index contributed by atoms with van der Waals surface area (Å²) in [7, 11) is 0. The maximum atomic E-state index is 13.3. The van der Waals surface area contributed by atoms with Gasteiger partial charge in [0.2, 0.25) is 0 Å². The molecule has 1 aromatic rings. The Morgan fingerprint density at radius 1 is 0.587 bits per heavy atom. The molecule has 13 nitrogen and oxygen atoms in total. The van der Waals surface area contributed by atoms with Crippen LogP contribution in [-0.4, -0.2) is 57.1 Å². The second kappa shape index (κ2) is 24.5. The Hall–Kier alpha value is -3.77. The Morgan fingerprint density at radius 2 is 0.957 bits per heavy atom. The summed E-state index contributed by atoms with van der Waals surface area (Å²) in [6.07, 6.45) is 12.4. The monoisotopic (exact) mass is 650 g/mol. The molecule has 260 valence electrons. The van der Waals surface area contributed by atoms with E-state index < -0.39 is 29.1 Å². The van der Waals surface area contributed by atoms with Crippen molar-refractivity contribution in [3.8, 4) is 0 Å². The first-order chi connectivity index (χ1) is 22.1. The molecule has 0 spiro atoms. The summed E-state index contributed by atoms with van der Waals surface area (Å²) in [6.45, 7) is 7.33. The van der Waals surface area contributed by atoms with E-state index in [4.69, 9.17) is 9.47 Å². The van der Waals surface area contributed by atoms with E-state index in [1.807, 2.05) is 0 Å². The van der Waals surface area contributed by atoms with E-state index in [0.29, 0.717) is 51.5 Å². The fourth-order valence-corrected chi connectivity index (χ4v) is 4.93. The van der Waals surface area contributed by atoms with E-state index in [1.54, 1.807) is 13.8 Å². The number of aromatic nitrogens is 3. The molecule has 0 aliphatic rings. The Labute approximate surface area is 271 Å². The molecule has 1 N–H and O–H groups in total. The number of carbonyl (C=O) groups excluding carboxylic acids is 4. The standard InChI is InChI=1S/C33H54N4O9/c1-4-29(40)45-25-26-46-30(41)34-21-15-9-12-18-24-37-32(43)35(22-16-10-5-7-13-19-27(2)38)31(42)36(33(37)44)23-17-11-6-8-14-20-28(3)39/h4H,1,5-26H2,2-3H3,(H,34,41). The molecule has 1 rings (SSSR count).